The number of fused-ring (bicyclic) bond motifs is 2. The maximum absolute atomic E-state index is 14.9. The molecule has 6 rings (SSSR count). The Balaban J connectivity index is 1.46. The number of rotatable bonds is 5. The van der Waals surface area contributed by atoms with Gasteiger partial charge in [0.1, 0.15) is 18.2 Å². The Morgan fingerprint density at radius 3 is 2.36 bits per heavy atom. The molecule has 47 heavy (non-hydrogen) atoms. The van der Waals surface area contributed by atoms with Crippen LogP contribution in [-0.4, -0.2) is 87.7 Å². The third kappa shape index (κ3) is 6.12. The first-order valence-electron chi connectivity index (χ1n) is 16.4. The van der Waals surface area contributed by atoms with Crippen molar-refractivity contribution in [1.82, 2.24) is 15.1 Å². The highest BCUT2D eigenvalue weighted by molar-refractivity contribution is 6.00. The third-order valence-electron chi connectivity index (χ3n) is 9.73. The number of amides is 3. The number of aliphatic hydroxyl groups excluding tert-OH is 1. The minimum absolute atomic E-state index is 0.0718. The highest BCUT2D eigenvalue weighted by atomic mass is 16.5. The summed E-state index contributed by atoms with van der Waals surface area (Å²) in [6.07, 6.45) is 7.13. The molecule has 2 saturated heterocycles. The number of hydrogen-bond acceptors (Lipinski definition) is 7. The molecule has 2 N–H and O–H groups in total. The first-order chi connectivity index (χ1) is 22.5. The minimum Gasteiger partial charge on any atom is -0.463 e. The van der Waals surface area contributed by atoms with Gasteiger partial charge < -0.3 is 29.7 Å². The summed E-state index contributed by atoms with van der Waals surface area (Å²) in [7, 11) is 0. The number of cyclic esters (lactones) is 1. The van der Waals surface area contributed by atoms with Crippen LogP contribution in [0.15, 0.2) is 85.0 Å². The zero-order valence-corrected chi connectivity index (χ0v) is 27.1. The zero-order chi connectivity index (χ0) is 33.3. The number of allylic oxidation sites excluding steroid dienone is 1. The van der Waals surface area contributed by atoms with E-state index in [4.69, 9.17) is 9.47 Å². The van der Waals surface area contributed by atoms with E-state index in [0.717, 1.165) is 11.1 Å². The van der Waals surface area contributed by atoms with Gasteiger partial charge in [-0.25, -0.2) is 0 Å². The Morgan fingerprint density at radius 2 is 1.68 bits per heavy atom. The molecule has 4 aliphatic heterocycles. The number of benzene rings is 2. The van der Waals surface area contributed by atoms with Crippen LogP contribution in [0.1, 0.15) is 50.8 Å². The lowest BCUT2D eigenvalue weighted by molar-refractivity contribution is -0.153. The topological polar surface area (TPSA) is 125 Å². The molecular weight excluding hydrogens is 598 g/mol. The van der Waals surface area contributed by atoms with Gasteiger partial charge in [-0.1, -0.05) is 85.0 Å². The lowest BCUT2D eigenvalue weighted by Crippen LogP contribution is -2.61. The van der Waals surface area contributed by atoms with E-state index in [1.807, 2.05) is 87.5 Å². The van der Waals surface area contributed by atoms with Crippen LogP contribution in [0, 0.1) is 11.8 Å². The van der Waals surface area contributed by atoms with Gasteiger partial charge in [0.15, 0.2) is 0 Å². The second kappa shape index (κ2) is 13.1. The average Bonchev–Trinajstić information content (AvgIpc) is 3.44. The number of carbonyl (C=O) groups is 4. The van der Waals surface area contributed by atoms with Crippen molar-refractivity contribution in [2.24, 2.45) is 11.8 Å². The quantitative estimate of drug-likeness (QED) is 0.380. The summed E-state index contributed by atoms with van der Waals surface area (Å²) in [5.74, 6) is -3.58. The molecule has 0 aliphatic carbocycles. The Bertz CT molecular complexity index is 1550. The number of likely N-dealkylation sites (tertiary alicyclic amines) is 1. The van der Waals surface area contributed by atoms with Crippen LogP contribution in [0.5, 0.6) is 0 Å². The number of nitrogens with zero attached hydrogens (tertiary/aromatic N) is 2. The van der Waals surface area contributed by atoms with Crippen LogP contribution in [0.3, 0.4) is 0 Å². The molecule has 1 spiro atoms. The summed E-state index contributed by atoms with van der Waals surface area (Å²) in [6.45, 7) is 5.66. The van der Waals surface area contributed by atoms with Crippen molar-refractivity contribution in [3.8, 4) is 0 Å². The molecule has 3 amide bonds. The molecule has 10 heteroatoms. The van der Waals surface area contributed by atoms with Gasteiger partial charge >= 0.3 is 5.97 Å². The molecule has 0 saturated carbocycles. The van der Waals surface area contributed by atoms with Crippen LogP contribution in [0.4, 0.5) is 0 Å². The van der Waals surface area contributed by atoms with Crippen molar-refractivity contribution in [3.63, 3.8) is 0 Å². The van der Waals surface area contributed by atoms with Gasteiger partial charge in [0, 0.05) is 18.5 Å². The number of aliphatic hydroxyl groups is 1. The minimum atomic E-state index is -1.47. The summed E-state index contributed by atoms with van der Waals surface area (Å²) < 4.78 is 12.4. The molecule has 10 nitrogen and oxygen atoms in total. The van der Waals surface area contributed by atoms with Gasteiger partial charge in [-0.15, -0.1) is 0 Å². The summed E-state index contributed by atoms with van der Waals surface area (Å²) in [4.78, 5) is 59.7. The van der Waals surface area contributed by atoms with Crippen molar-refractivity contribution < 1.29 is 33.8 Å². The van der Waals surface area contributed by atoms with E-state index in [1.54, 1.807) is 23.1 Å². The maximum atomic E-state index is 14.9. The zero-order valence-electron chi connectivity index (χ0n) is 27.1. The molecule has 0 aromatic heterocycles. The second-order valence-corrected chi connectivity index (χ2v) is 13.8. The Labute approximate surface area is 275 Å². The Hall–Kier alpha value is -4.28. The van der Waals surface area contributed by atoms with Crippen LogP contribution >= 0.6 is 0 Å². The second-order valence-electron chi connectivity index (χ2n) is 13.8. The van der Waals surface area contributed by atoms with Crippen molar-refractivity contribution in [3.05, 3.63) is 96.1 Å². The number of ether oxygens (including phenoxy) is 2. The fourth-order valence-corrected chi connectivity index (χ4v) is 7.51. The van der Waals surface area contributed by atoms with Gasteiger partial charge in [-0.05, 0) is 44.7 Å². The molecular formula is C37H43N3O7. The Morgan fingerprint density at radius 1 is 0.979 bits per heavy atom. The summed E-state index contributed by atoms with van der Waals surface area (Å²) in [6, 6.07) is 16.2. The van der Waals surface area contributed by atoms with E-state index in [9.17, 15) is 24.3 Å². The third-order valence-corrected chi connectivity index (χ3v) is 9.73. The van der Waals surface area contributed by atoms with E-state index in [2.05, 4.69) is 5.32 Å². The molecule has 7 atom stereocenters. The summed E-state index contributed by atoms with van der Waals surface area (Å²) in [5.41, 5.74) is -0.394. The molecule has 0 bridgehead atoms. The molecule has 0 unspecified atom stereocenters. The predicted octanol–water partition coefficient (Wildman–Crippen LogP) is 3.12. The van der Waals surface area contributed by atoms with Crippen LogP contribution < -0.4 is 5.32 Å². The Kier molecular flexibility index (Phi) is 9.09. The van der Waals surface area contributed by atoms with E-state index in [-0.39, 0.29) is 31.5 Å². The number of esters is 1. The fraction of sp³-hybridized carbons (Fsp3) is 0.459. The van der Waals surface area contributed by atoms with Crippen LogP contribution in [0.2, 0.25) is 0 Å². The molecule has 2 aromatic carbocycles. The number of hydrogen-bond donors (Lipinski definition) is 2. The van der Waals surface area contributed by atoms with Crippen molar-refractivity contribution in [1.29, 1.82) is 0 Å². The van der Waals surface area contributed by atoms with Gasteiger partial charge in [-0.2, -0.15) is 0 Å². The summed E-state index contributed by atoms with van der Waals surface area (Å²) in [5, 5.41) is 13.8. The summed E-state index contributed by atoms with van der Waals surface area (Å²) >= 11 is 0. The molecule has 0 radical (unpaired) electrons. The monoisotopic (exact) mass is 641 g/mol. The molecule has 248 valence electrons. The number of nitrogens with one attached hydrogen (secondary N) is 1. The van der Waals surface area contributed by atoms with Crippen molar-refractivity contribution in [2.75, 3.05) is 19.8 Å². The largest absolute Gasteiger partial charge is 0.463 e. The molecule has 4 aliphatic rings. The van der Waals surface area contributed by atoms with Gasteiger partial charge in [0.05, 0.1) is 36.6 Å². The molecule has 4 heterocycles. The highest BCUT2D eigenvalue weighted by Gasteiger charge is 2.72. The highest BCUT2D eigenvalue weighted by Crippen LogP contribution is 2.54. The van der Waals surface area contributed by atoms with E-state index >= 15 is 0 Å². The SMILES string of the molecule is CC(C)(C)N1CC=C[C@]23O[C@@H]4/C=C\CCC(=O)OC[C@@H](c5ccccc5)NC(=O)[C@@H]4[C@H]2C(=O)N([C@@H](CO)Cc2ccccc2)[C@@H]3C1=O. The van der Waals surface area contributed by atoms with Crippen LogP contribution in [0.25, 0.3) is 0 Å². The van der Waals surface area contributed by atoms with Gasteiger partial charge in [0.25, 0.3) is 0 Å². The molecule has 2 aromatic rings. The van der Waals surface area contributed by atoms with Gasteiger partial charge in [-0.3, -0.25) is 19.2 Å². The van der Waals surface area contributed by atoms with Gasteiger partial charge in [0.2, 0.25) is 17.7 Å². The number of carbonyl (C=O) groups excluding carboxylic acids is 4. The lowest BCUT2D eigenvalue weighted by Gasteiger charge is -2.42. The fourth-order valence-electron chi connectivity index (χ4n) is 7.51. The van der Waals surface area contributed by atoms with Crippen molar-refractivity contribution in [2.45, 2.75) is 75.4 Å². The first kappa shape index (κ1) is 32.7. The smallest absolute Gasteiger partial charge is 0.306 e. The van der Waals surface area contributed by atoms with E-state index in [1.165, 1.54) is 4.90 Å². The predicted molar refractivity (Wildman–Crippen MR) is 174 cm³/mol. The maximum Gasteiger partial charge on any atom is 0.306 e. The van der Waals surface area contributed by atoms with E-state index in [0.29, 0.717) is 19.4 Å². The van der Waals surface area contributed by atoms with E-state index < -0.39 is 59.0 Å². The molecule has 2 fully saturated rings. The standard InChI is InChI=1S/C37H43N3O7/c1-36(2,3)39-20-12-19-37-31(34(44)40(32(37)35(39)45)26(22-41)21-24-13-6-4-7-14-24)30-28(47-37)17-10-11-18-29(42)46-23-27(38-33(30)43)25-15-8-5-9-16-25/h4-10,12-17,19,26-28,30-32,41H,11,18,20-23H2,1-3H3,(H,38,43)/b17-10-/t26-,27+,28-,30+,31+,32-,37+/m1/s1. The first-order valence-corrected chi connectivity index (χ1v) is 16.4. The average molecular weight is 642 g/mol. The van der Waals surface area contributed by atoms with Crippen LogP contribution in [-0.2, 0) is 35.1 Å². The van der Waals surface area contributed by atoms with Crippen molar-refractivity contribution >= 4 is 23.7 Å². The normalized spacial score (nSPS) is 31.0. The lowest BCUT2D eigenvalue weighted by atomic mass is 9.77.